The summed E-state index contributed by atoms with van der Waals surface area (Å²) in [4.78, 5) is 39.7. The number of rotatable bonds is 7. The molecular weight excluding hydrogens is 470 g/mol. The van der Waals surface area contributed by atoms with Gasteiger partial charge >= 0.3 is 0 Å². The molecule has 8 nitrogen and oxygen atoms in total. The number of carbonyl (C=O) groups excluding carboxylic acids is 3. The van der Waals surface area contributed by atoms with Crippen LogP contribution in [-0.2, 0) is 9.59 Å². The summed E-state index contributed by atoms with van der Waals surface area (Å²) in [6.07, 6.45) is 0. The monoisotopic (exact) mass is 491 g/mol. The molecule has 1 aliphatic heterocycles. The lowest BCUT2D eigenvalue weighted by molar-refractivity contribution is -0.120. The molecule has 0 atom stereocenters. The van der Waals surface area contributed by atoms with Crippen molar-refractivity contribution in [2.75, 3.05) is 29.8 Å². The van der Waals surface area contributed by atoms with Gasteiger partial charge in [-0.3, -0.25) is 14.4 Å². The van der Waals surface area contributed by atoms with Crippen molar-refractivity contribution < 1.29 is 23.9 Å². The standard InChI is InChI=1S/C26H22ClN3O5/c1-15-6-4-8-17(12-15)29-24(31)16-7-5-9-18(13-16)28-23-22(27)25(32)30(26(23)33)20-11-10-19(34-2)14-21(20)35-3/h4-14,28H,1-3H3,(H,29,31). The lowest BCUT2D eigenvalue weighted by Crippen LogP contribution is -2.32. The minimum Gasteiger partial charge on any atom is -0.497 e. The molecular formula is C26H22ClN3O5. The van der Waals surface area contributed by atoms with Crippen LogP contribution >= 0.6 is 11.6 Å². The fourth-order valence-corrected chi connectivity index (χ4v) is 3.82. The Balaban J connectivity index is 1.56. The number of imide groups is 1. The number of carbonyl (C=O) groups is 3. The third kappa shape index (κ3) is 4.83. The number of amides is 3. The number of benzene rings is 3. The molecule has 35 heavy (non-hydrogen) atoms. The van der Waals surface area contributed by atoms with E-state index in [1.54, 1.807) is 42.5 Å². The van der Waals surface area contributed by atoms with Crippen molar-refractivity contribution in [2.24, 2.45) is 0 Å². The van der Waals surface area contributed by atoms with Crippen LogP contribution in [-0.4, -0.2) is 31.9 Å². The summed E-state index contributed by atoms with van der Waals surface area (Å²) in [5, 5.41) is 5.45. The van der Waals surface area contributed by atoms with E-state index in [0.717, 1.165) is 10.5 Å². The molecule has 4 rings (SSSR count). The highest BCUT2D eigenvalue weighted by molar-refractivity contribution is 6.53. The molecule has 3 aromatic rings. The first-order valence-electron chi connectivity index (χ1n) is 10.6. The third-order valence-electron chi connectivity index (χ3n) is 5.33. The fourth-order valence-electron chi connectivity index (χ4n) is 3.61. The van der Waals surface area contributed by atoms with Gasteiger partial charge in [-0.25, -0.2) is 4.90 Å². The normalized spacial score (nSPS) is 13.2. The lowest BCUT2D eigenvalue weighted by atomic mass is 10.1. The summed E-state index contributed by atoms with van der Waals surface area (Å²) >= 11 is 6.26. The summed E-state index contributed by atoms with van der Waals surface area (Å²) in [5.74, 6) is -0.902. The molecule has 0 saturated heterocycles. The van der Waals surface area contributed by atoms with E-state index in [-0.39, 0.29) is 28.1 Å². The van der Waals surface area contributed by atoms with E-state index in [1.165, 1.54) is 20.3 Å². The maximum atomic E-state index is 13.2. The minimum absolute atomic E-state index is 0.106. The van der Waals surface area contributed by atoms with Gasteiger partial charge in [-0.05, 0) is 55.0 Å². The zero-order valence-corrected chi connectivity index (χ0v) is 20.0. The largest absolute Gasteiger partial charge is 0.497 e. The first-order valence-corrected chi connectivity index (χ1v) is 11.0. The number of methoxy groups -OCH3 is 2. The Labute approximate surface area is 207 Å². The van der Waals surface area contributed by atoms with Crippen LogP contribution in [0.5, 0.6) is 11.5 Å². The molecule has 0 spiro atoms. The number of hydrogen-bond acceptors (Lipinski definition) is 6. The van der Waals surface area contributed by atoms with Crippen LogP contribution in [0.4, 0.5) is 17.1 Å². The molecule has 1 aliphatic rings. The number of aryl methyl sites for hydroxylation is 1. The average molecular weight is 492 g/mol. The molecule has 0 aromatic heterocycles. The highest BCUT2D eigenvalue weighted by Gasteiger charge is 2.40. The molecule has 0 bridgehead atoms. The van der Waals surface area contributed by atoms with E-state index < -0.39 is 11.8 Å². The van der Waals surface area contributed by atoms with Crippen LogP contribution < -0.4 is 25.0 Å². The molecule has 0 radical (unpaired) electrons. The summed E-state index contributed by atoms with van der Waals surface area (Å²) in [7, 11) is 2.92. The van der Waals surface area contributed by atoms with E-state index >= 15 is 0 Å². The van der Waals surface area contributed by atoms with Gasteiger partial charge < -0.3 is 20.1 Å². The maximum absolute atomic E-state index is 13.2. The van der Waals surface area contributed by atoms with Crippen molar-refractivity contribution in [3.05, 3.63) is 88.6 Å². The second-order valence-corrected chi connectivity index (χ2v) is 8.08. The number of nitrogens with zero attached hydrogens (tertiary/aromatic N) is 1. The molecule has 3 aromatic carbocycles. The van der Waals surface area contributed by atoms with E-state index in [2.05, 4.69) is 10.6 Å². The zero-order valence-electron chi connectivity index (χ0n) is 19.2. The molecule has 3 amide bonds. The van der Waals surface area contributed by atoms with Crippen molar-refractivity contribution in [1.82, 2.24) is 0 Å². The second-order valence-electron chi connectivity index (χ2n) is 7.70. The zero-order chi connectivity index (χ0) is 25.1. The number of halogens is 1. The quantitative estimate of drug-likeness (QED) is 0.465. The fraction of sp³-hybridized carbons (Fsp3) is 0.115. The molecule has 2 N–H and O–H groups in total. The van der Waals surface area contributed by atoms with E-state index in [4.69, 9.17) is 21.1 Å². The van der Waals surface area contributed by atoms with Crippen molar-refractivity contribution in [1.29, 1.82) is 0 Å². The average Bonchev–Trinajstić information content (AvgIpc) is 3.06. The number of ether oxygens (including phenoxy) is 2. The van der Waals surface area contributed by atoms with E-state index in [9.17, 15) is 14.4 Å². The number of nitrogens with one attached hydrogen (secondary N) is 2. The summed E-state index contributed by atoms with van der Waals surface area (Å²) < 4.78 is 10.5. The highest BCUT2D eigenvalue weighted by atomic mass is 35.5. The summed E-state index contributed by atoms with van der Waals surface area (Å²) in [5.41, 5.74) is 2.58. The van der Waals surface area contributed by atoms with Gasteiger partial charge in [0.1, 0.15) is 22.2 Å². The van der Waals surface area contributed by atoms with Crippen LogP contribution in [0, 0.1) is 6.92 Å². The predicted molar refractivity (Wildman–Crippen MR) is 134 cm³/mol. The predicted octanol–water partition coefficient (Wildman–Crippen LogP) is 4.70. The first-order chi connectivity index (χ1) is 16.8. The van der Waals surface area contributed by atoms with Crippen LogP contribution in [0.1, 0.15) is 15.9 Å². The molecule has 0 saturated carbocycles. The van der Waals surface area contributed by atoms with Gasteiger partial charge in [-0.1, -0.05) is 29.8 Å². The molecule has 1 heterocycles. The van der Waals surface area contributed by atoms with Gasteiger partial charge in [-0.2, -0.15) is 0 Å². The minimum atomic E-state index is -0.698. The van der Waals surface area contributed by atoms with Crippen LogP contribution in [0.25, 0.3) is 0 Å². The number of anilines is 3. The van der Waals surface area contributed by atoms with Gasteiger partial charge in [0.05, 0.1) is 19.9 Å². The summed E-state index contributed by atoms with van der Waals surface area (Å²) in [6.45, 7) is 1.93. The number of hydrogen-bond donors (Lipinski definition) is 2. The smallest absolute Gasteiger partial charge is 0.283 e. The molecule has 0 fully saturated rings. The van der Waals surface area contributed by atoms with Crippen LogP contribution in [0.2, 0.25) is 0 Å². The van der Waals surface area contributed by atoms with Gasteiger partial charge in [0.25, 0.3) is 17.7 Å². The second kappa shape index (κ2) is 9.90. The topological polar surface area (TPSA) is 97.0 Å². The molecule has 9 heteroatoms. The first kappa shape index (κ1) is 23.8. The van der Waals surface area contributed by atoms with Gasteiger partial charge in [0.15, 0.2) is 0 Å². The van der Waals surface area contributed by atoms with Gasteiger partial charge in [-0.15, -0.1) is 0 Å². The Kier molecular flexibility index (Phi) is 6.75. The molecule has 178 valence electrons. The van der Waals surface area contributed by atoms with Crippen molar-refractivity contribution in [3.8, 4) is 11.5 Å². The van der Waals surface area contributed by atoms with E-state index in [1.807, 2.05) is 25.1 Å². The maximum Gasteiger partial charge on any atom is 0.283 e. The van der Waals surface area contributed by atoms with Crippen molar-refractivity contribution >= 4 is 46.4 Å². The Morgan fingerprint density at radius 3 is 2.34 bits per heavy atom. The molecule has 0 aliphatic carbocycles. The molecule has 0 unspecified atom stereocenters. The van der Waals surface area contributed by atoms with Gasteiger partial charge in [0, 0.05) is 23.0 Å². The van der Waals surface area contributed by atoms with E-state index in [0.29, 0.717) is 22.7 Å². The Morgan fingerprint density at radius 2 is 1.63 bits per heavy atom. The Bertz CT molecular complexity index is 1370. The SMILES string of the molecule is COc1ccc(N2C(=O)C(Cl)=C(Nc3cccc(C(=O)Nc4cccc(C)c4)c3)C2=O)c(OC)c1. The van der Waals surface area contributed by atoms with Crippen LogP contribution in [0.3, 0.4) is 0 Å². The Morgan fingerprint density at radius 1 is 0.886 bits per heavy atom. The lowest BCUT2D eigenvalue weighted by Gasteiger charge is -2.18. The third-order valence-corrected chi connectivity index (χ3v) is 5.68. The van der Waals surface area contributed by atoms with Crippen LogP contribution in [0.15, 0.2) is 77.5 Å². The Hall–Kier alpha value is -4.30. The summed E-state index contributed by atoms with van der Waals surface area (Å²) in [6, 6.07) is 18.7. The highest BCUT2D eigenvalue weighted by Crippen LogP contribution is 2.37. The van der Waals surface area contributed by atoms with Crippen molar-refractivity contribution in [3.63, 3.8) is 0 Å². The van der Waals surface area contributed by atoms with Gasteiger partial charge in [0.2, 0.25) is 0 Å². The van der Waals surface area contributed by atoms with Crippen molar-refractivity contribution in [2.45, 2.75) is 6.92 Å².